The van der Waals surface area contributed by atoms with Gasteiger partial charge in [0.1, 0.15) is 5.82 Å². The highest BCUT2D eigenvalue weighted by molar-refractivity contribution is 5.89. The summed E-state index contributed by atoms with van der Waals surface area (Å²) < 4.78 is 2.16. The van der Waals surface area contributed by atoms with Crippen LogP contribution >= 0.6 is 0 Å². The molecule has 0 spiro atoms. The zero-order valence-corrected chi connectivity index (χ0v) is 15.9. The summed E-state index contributed by atoms with van der Waals surface area (Å²) in [4.78, 5) is 19.0. The molecule has 1 fully saturated rings. The van der Waals surface area contributed by atoms with E-state index in [9.17, 15) is 4.79 Å². The van der Waals surface area contributed by atoms with Crippen LogP contribution in [0.3, 0.4) is 0 Å². The second kappa shape index (κ2) is 8.36. The first-order valence-electron chi connectivity index (χ1n) is 9.37. The maximum Gasteiger partial charge on any atom is 0.319 e. The molecule has 140 valence electrons. The third-order valence-corrected chi connectivity index (χ3v) is 4.86. The molecule has 1 aliphatic rings. The van der Waals surface area contributed by atoms with Crippen molar-refractivity contribution in [2.24, 2.45) is 0 Å². The van der Waals surface area contributed by atoms with E-state index < -0.39 is 0 Å². The minimum Gasteiger partial charge on any atom is -0.335 e. The molecule has 1 aromatic carbocycles. The summed E-state index contributed by atoms with van der Waals surface area (Å²) in [6.45, 7) is 7.10. The van der Waals surface area contributed by atoms with Crippen molar-refractivity contribution in [2.45, 2.75) is 45.2 Å². The van der Waals surface area contributed by atoms with Crippen molar-refractivity contribution in [1.29, 1.82) is 0 Å². The molecule has 0 bridgehead atoms. The van der Waals surface area contributed by atoms with E-state index >= 15 is 0 Å². The zero-order valence-electron chi connectivity index (χ0n) is 15.9. The fourth-order valence-electron chi connectivity index (χ4n) is 3.40. The average molecular weight is 355 g/mol. The highest BCUT2D eigenvalue weighted by atomic mass is 16.2. The van der Waals surface area contributed by atoms with E-state index in [4.69, 9.17) is 0 Å². The molecule has 2 amide bonds. The van der Waals surface area contributed by atoms with Gasteiger partial charge in [-0.25, -0.2) is 9.78 Å². The molecular weight excluding hydrogens is 326 g/mol. The molecule has 0 saturated carbocycles. The number of anilines is 1. The standard InChI is InChI=1S/C20H29N5O/c1-15(2)19-21-9-12-25(19)14-16-5-4-6-18(13-16)23-20(26)22-17-7-10-24(3)11-8-17/h4-6,9,12-13,15,17H,7-8,10-11,14H2,1-3H3,(H2,22,23,26). The number of benzene rings is 1. The van der Waals surface area contributed by atoms with E-state index in [1.807, 2.05) is 30.6 Å². The van der Waals surface area contributed by atoms with Gasteiger partial charge in [-0.2, -0.15) is 0 Å². The summed E-state index contributed by atoms with van der Waals surface area (Å²) in [7, 11) is 2.12. The minimum absolute atomic E-state index is 0.123. The van der Waals surface area contributed by atoms with E-state index in [1.165, 1.54) is 0 Å². The molecule has 2 heterocycles. The molecule has 0 aliphatic carbocycles. The van der Waals surface area contributed by atoms with E-state index in [0.29, 0.717) is 5.92 Å². The number of carbonyl (C=O) groups excluding carboxylic acids is 1. The predicted molar refractivity (Wildman–Crippen MR) is 105 cm³/mol. The van der Waals surface area contributed by atoms with Crippen molar-refractivity contribution in [1.82, 2.24) is 19.8 Å². The lowest BCUT2D eigenvalue weighted by Gasteiger charge is -2.29. The quantitative estimate of drug-likeness (QED) is 0.865. The van der Waals surface area contributed by atoms with Gasteiger partial charge in [0.15, 0.2) is 0 Å². The Labute approximate surface area is 155 Å². The number of nitrogens with zero attached hydrogens (tertiary/aromatic N) is 3. The minimum atomic E-state index is -0.123. The molecule has 1 aliphatic heterocycles. The normalized spacial score (nSPS) is 16.0. The monoisotopic (exact) mass is 355 g/mol. The van der Waals surface area contributed by atoms with Crippen molar-refractivity contribution < 1.29 is 4.79 Å². The molecule has 0 atom stereocenters. The molecule has 1 saturated heterocycles. The molecule has 3 rings (SSSR count). The number of urea groups is 1. The molecule has 6 heteroatoms. The van der Waals surface area contributed by atoms with Crippen LogP contribution in [-0.4, -0.2) is 46.7 Å². The molecular formula is C20H29N5O. The van der Waals surface area contributed by atoms with Gasteiger partial charge in [0, 0.05) is 36.6 Å². The lowest BCUT2D eigenvalue weighted by molar-refractivity contribution is 0.221. The van der Waals surface area contributed by atoms with Gasteiger partial charge < -0.3 is 20.1 Å². The van der Waals surface area contributed by atoms with E-state index in [2.05, 4.69) is 52.0 Å². The number of carbonyl (C=O) groups is 1. The van der Waals surface area contributed by atoms with Gasteiger partial charge in [0.25, 0.3) is 0 Å². The van der Waals surface area contributed by atoms with E-state index in [0.717, 1.165) is 49.6 Å². The van der Waals surface area contributed by atoms with Crippen LogP contribution in [0.2, 0.25) is 0 Å². The maximum absolute atomic E-state index is 12.3. The largest absolute Gasteiger partial charge is 0.335 e. The number of hydrogen-bond donors (Lipinski definition) is 2. The molecule has 1 aromatic heterocycles. The van der Waals surface area contributed by atoms with Gasteiger partial charge in [0.2, 0.25) is 0 Å². The van der Waals surface area contributed by atoms with Crippen LogP contribution in [0, 0.1) is 0 Å². The lowest BCUT2D eigenvalue weighted by Crippen LogP contribution is -2.44. The zero-order chi connectivity index (χ0) is 18.5. The Morgan fingerprint density at radius 2 is 2.08 bits per heavy atom. The fourth-order valence-corrected chi connectivity index (χ4v) is 3.40. The SMILES string of the molecule is CC(C)c1nccn1Cc1cccc(NC(=O)NC2CCN(C)CC2)c1. The first-order valence-corrected chi connectivity index (χ1v) is 9.37. The molecule has 6 nitrogen and oxygen atoms in total. The van der Waals surface area contributed by atoms with Crippen LogP contribution in [0.15, 0.2) is 36.7 Å². The molecule has 2 N–H and O–H groups in total. The number of likely N-dealkylation sites (tertiary alicyclic amines) is 1. The van der Waals surface area contributed by atoms with Gasteiger partial charge in [0.05, 0.1) is 0 Å². The number of imidazole rings is 1. The number of rotatable bonds is 5. The van der Waals surface area contributed by atoms with Crippen LogP contribution in [0.5, 0.6) is 0 Å². The molecule has 0 radical (unpaired) electrons. The Morgan fingerprint density at radius 3 is 2.81 bits per heavy atom. The first kappa shape index (κ1) is 18.5. The summed E-state index contributed by atoms with van der Waals surface area (Å²) in [6, 6.07) is 8.14. The summed E-state index contributed by atoms with van der Waals surface area (Å²) in [6.07, 6.45) is 5.85. The Morgan fingerprint density at radius 1 is 1.31 bits per heavy atom. The van der Waals surface area contributed by atoms with E-state index in [1.54, 1.807) is 0 Å². The van der Waals surface area contributed by atoms with Gasteiger partial charge in [-0.15, -0.1) is 0 Å². The van der Waals surface area contributed by atoms with Crippen molar-refractivity contribution in [2.75, 3.05) is 25.5 Å². The fraction of sp³-hybridized carbons (Fsp3) is 0.500. The second-order valence-electron chi connectivity index (χ2n) is 7.44. The van der Waals surface area contributed by atoms with Crippen LogP contribution < -0.4 is 10.6 Å². The highest BCUT2D eigenvalue weighted by Gasteiger charge is 2.18. The summed E-state index contributed by atoms with van der Waals surface area (Å²) in [5.41, 5.74) is 1.96. The van der Waals surface area contributed by atoms with Crippen LogP contribution in [0.1, 0.15) is 44.0 Å². The number of piperidine rings is 1. The van der Waals surface area contributed by atoms with Gasteiger partial charge in [-0.3, -0.25) is 0 Å². The number of aromatic nitrogens is 2. The number of amides is 2. The van der Waals surface area contributed by atoms with Gasteiger partial charge in [-0.1, -0.05) is 26.0 Å². The summed E-state index contributed by atoms with van der Waals surface area (Å²) >= 11 is 0. The third-order valence-electron chi connectivity index (χ3n) is 4.86. The van der Waals surface area contributed by atoms with Gasteiger partial charge >= 0.3 is 6.03 Å². The second-order valence-corrected chi connectivity index (χ2v) is 7.44. The maximum atomic E-state index is 12.3. The predicted octanol–water partition coefficient (Wildman–Crippen LogP) is 3.27. The highest BCUT2D eigenvalue weighted by Crippen LogP contribution is 2.16. The topological polar surface area (TPSA) is 62.2 Å². The van der Waals surface area contributed by atoms with E-state index in [-0.39, 0.29) is 12.1 Å². The van der Waals surface area contributed by atoms with Crippen molar-refractivity contribution in [3.8, 4) is 0 Å². The van der Waals surface area contributed by atoms with Gasteiger partial charge in [-0.05, 0) is 50.7 Å². The molecule has 0 unspecified atom stereocenters. The Bertz CT molecular complexity index is 731. The van der Waals surface area contributed by atoms with Crippen molar-refractivity contribution >= 4 is 11.7 Å². The molecule has 2 aromatic rings. The van der Waals surface area contributed by atoms with Crippen molar-refractivity contribution in [3.05, 3.63) is 48.0 Å². The first-order chi connectivity index (χ1) is 12.5. The number of hydrogen-bond acceptors (Lipinski definition) is 3. The Hall–Kier alpha value is -2.34. The molecule has 26 heavy (non-hydrogen) atoms. The van der Waals surface area contributed by atoms with Crippen LogP contribution in [0.4, 0.5) is 10.5 Å². The lowest BCUT2D eigenvalue weighted by atomic mass is 10.1. The average Bonchev–Trinajstić information content (AvgIpc) is 3.05. The smallest absolute Gasteiger partial charge is 0.319 e. The summed E-state index contributed by atoms with van der Waals surface area (Å²) in [5.74, 6) is 1.45. The Balaban J connectivity index is 1.58. The number of nitrogens with one attached hydrogen (secondary N) is 2. The summed E-state index contributed by atoms with van der Waals surface area (Å²) in [5, 5.41) is 6.05. The third kappa shape index (κ3) is 4.85. The van der Waals surface area contributed by atoms with Crippen LogP contribution in [0.25, 0.3) is 0 Å². The van der Waals surface area contributed by atoms with Crippen LogP contribution in [-0.2, 0) is 6.54 Å². The Kier molecular flexibility index (Phi) is 5.93. The van der Waals surface area contributed by atoms with Crippen molar-refractivity contribution in [3.63, 3.8) is 0 Å².